The van der Waals surface area contributed by atoms with E-state index < -0.39 is 10.0 Å². The maximum absolute atomic E-state index is 2.33. The molecule has 0 aliphatic carbocycles. The first-order valence-electron chi connectivity index (χ1n) is 3.76. The van der Waals surface area contributed by atoms with Gasteiger partial charge < -0.3 is 0 Å². The van der Waals surface area contributed by atoms with Crippen molar-refractivity contribution in [1.82, 2.24) is 0 Å². The number of hydrogen-bond donors (Lipinski definition) is 0. The van der Waals surface area contributed by atoms with Crippen molar-refractivity contribution >= 4 is 10.0 Å². The summed E-state index contributed by atoms with van der Waals surface area (Å²) in [5.74, 6) is 0. The van der Waals surface area contributed by atoms with Crippen molar-refractivity contribution in [2.45, 2.75) is 11.8 Å². The average molecular weight is 168 g/mol. The molecule has 62 valence electrons. The third kappa shape index (κ3) is 2.00. The van der Waals surface area contributed by atoms with Crippen molar-refractivity contribution in [2.24, 2.45) is 0 Å². The third-order valence-electron chi connectivity index (χ3n) is 1.75. The minimum Gasteiger partial charge on any atom is -0.223 e. The van der Waals surface area contributed by atoms with Crippen LogP contribution in [0.3, 0.4) is 0 Å². The van der Waals surface area contributed by atoms with Crippen LogP contribution in [0.2, 0.25) is 0 Å². The van der Waals surface area contributed by atoms with Crippen LogP contribution >= 0.6 is 10.0 Å². The molecule has 0 nitrogen and oxygen atoms in total. The zero-order chi connectivity index (χ0) is 8.48. The zero-order valence-corrected chi connectivity index (χ0v) is 8.53. The monoisotopic (exact) mass is 168 g/mol. The number of benzene rings is 1. The van der Waals surface area contributed by atoms with E-state index in [4.69, 9.17) is 0 Å². The fraction of sp³-hybridized carbons (Fsp3) is 0.400. The zero-order valence-electron chi connectivity index (χ0n) is 7.72. The quantitative estimate of drug-likeness (QED) is 0.604. The van der Waals surface area contributed by atoms with Gasteiger partial charge in [0.1, 0.15) is 0 Å². The molecule has 1 aromatic rings. The van der Waals surface area contributed by atoms with Crippen molar-refractivity contribution in [3.8, 4) is 0 Å². The van der Waals surface area contributed by atoms with Crippen LogP contribution in [0.25, 0.3) is 0 Å². The highest BCUT2D eigenvalue weighted by atomic mass is 32.3. The second-order valence-electron chi connectivity index (χ2n) is 3.60. The first-order chi connectivity index (χ1) is 5.02. The predicted octanol–water partition coefficient (Wildman–Crippen LogP) is 3.05. The number of hydrogen-bond acceptors (Lipinski definition) is 0. The van der Waals surface area contributed by atoms with Crippen molar-refractivity contribution in [3.63, 3.8) is 0 Å². The molecule has 0 aliphatic heterocycles. The molecule has 11 heavy (non-hydrogen) atoms. The van der Waals surface area contributed by atoms with Gasteiger partial charge in [-0.05, 0) is 42.2 Å². The summed E-state index contributed by atoms with van der Waals surface area (Å²) < 4.78 is 0. The van der Waals surface area contributed by atoms with E-state index in [1.165, 1.54) is 10.5 Å². The average Bonchev–Trinajstić information content (AvgIpc) is 1.86. The third-order valence-corrected chi connectivity index (χ3v) is 3.53. The van der Waals surface area contributed by atoms with E-state index in [1.54, 1.807) is 0 Å². The minimum absolute atomic E-state index is 0.533. The summed E-state index contributed by atoms with van der Waals surface area (Å²) in [4.78, 5) is 1.53. The molecule has 0 N–H and O–H groups in total. The van der Waals surface area contributed by atoms with Gasteiger partial charge in [0.05, 0.1) is 0 Å². The van der Waals surface area contributed by atoms with E-state index in [-0.39, 0.29) is 0 Å². The summed E-state index contributed by atoms with van der Waals surface area (Å²) in [7, 11) is -0.533. The van der Waals surface area contributed by atoms with Crippen LogP contribution in [0.15, 0.2) is 29.2 Å². The van der Waals surface area contributed by atoms with Crippen LogP contribution < -0.4 is 0 Å². The molecule has 0 saturated carbocycles. The molecule has 0 amide bonds. The van der Waals surface area contributed by atoms with Gasteiger partial charge in [-0.15, -0.1) is 0 Å². The lowest BCUT2D eigenvalue weighted by molar-refractivity contribution is 1.29. The van der Waals surface area contributed by atoms with Gasteiger partial charge in [-0.2, -0.15) is 0 Å². The molecule has 0 fully saturated rings. The molecule has 0 aromatic heterocycles. The van der Waals surface area contributed by atoms with E-state index in [0.29, 0.717) is 0 Å². The van der Waals surface area contributed by atoms with Crippen LogP contribution in [0.1, 0.15) is 5.56 Å². The molecule has 1 aromatic carbocycles. The molecule has 1 heteroatoms. The highest BCUT2D eigenvalue weighted by Gasteiger charge is 2.08. The number of aryl methyl sites for hydroxylation is 1. The minimum atomic E-state index is -0.533. The van der Waals surface area contributed by atoms with Crippen LogP contribution in [-0.2, 0) is 0 Å². The van der Waals surface area contributed by atoms with E-state index in [2.05, 4.69) is 50.0 Å². The van der Waals surface area contributed by atoms with E-state index in [1.807, 2.05) is 0 Å². The summed E-state index contributed by atoms with van der Waals surface area (Å²) in [5.41, 5.74) is 1.43. The van der Waals surface area contributed by atoms with Gasteiger partial charge in [0, 0.05) is 0 Å². The van der Waals surface area contributed by atoms with Gasteiger partial charge in [-0.25, -0.2) is 10.0 Å². The Morgan fingerprint density at radius 1 is 1.00 bits per heavy atom. The molecular weight excluding hydrogens is 152 g/mol. The summed E-state index contributed by atoms with van der Waals surface area (Å²) in [6.07, 6.45) is 6.99. The Bertz CT molecular complexity index is 245. The molecule has 0 bridgehead atoms. The molecule has 0 saturated heterocycles. The summed E-state index contributed by atoms with van der Waals surface area (Å²) in [6, 6.07) is 8.66. The molecule has 0 heterocycles. The van der Waals surface area contributed by atoms with Crippen molar-refractivity contribution in [2.75, 3.05) is 18.8 Å². The topological polar surface area (TPSA) is 0 Å². The van der Waals surface area contributed by atoms with Gasteiger partial charge in [0.15, 0.2) is 0 Å². The molecule has 0 radical (unpaired) electrons. The van der Waals surface area contributed by atoms with Crippen LogP contribution in [-0.4, -0.2) is 18.8 Å². The van der Waals surface area contributed by atoms with Gasteiger partial charge >= 0.3 is 0 Å². The van der Waals surface area contributed by atoms with E-state index in [0.717, 1.165) is 0 Å². The van der Waals surface area contributed by atoms with Crippen LogP contribution in [0, 0.1) is 6.92 Å². The van der Waals surface area contributed by atoms with Gasteiger partial charge in [-0.1, -0.05) is 18.2 Å². The van der Waals surface area contributed by atoms with Gasteiger partial charge in [0.2, 0.25) is 0 Å². The first-order valence-corrected chi connectivity index (χ1v) is 6.61. The Morgan fingerprint density at radius 2 is 1.55 bits per heavy atom. The lowest BCUT2D eigenvalue weighted by Gasteiger charge is -2.27. The second kappa shape index (κ2) is 2.90. The summed E-state index contributed by atoms with van der Waals surface area (Å²) in [6.45, 7) is 2.19. The van der Waals surface area contributed by atoms with E-state index >= 15 is 0 Å². The maximum Gasteiger partial charge on any atom is -0.00769 e. The highest BCUT2D eigenvalue weighted by molar-refractivity contribution is 8.32. The van der Waals surface area contributed by atoms with E-state index in [9.17, 15) is 0 Å². The predicted molar refractivity (Wildman–Crippen MR) is 54.8 cm³/mol. The molecule has 0 aliphatic rings. The standard InChI is InChI=1S/C10H16S/c1-9-7-5-6-8-10(9)11(2,3)4/h5-8H,1-4H3. The van der Waals surface area contributed by atoms with Gasteiger partial charge in [0.25, 0.3) is 0 Å². The van der Waals surface area contributed by atoms with Crippen molar-refractivity contribution in [1.29, 1.82) is 0 Å². The first kappa shape index (κ1) is 8.66. The molecule has 0 unspecified atom stereocenters. The Kier molecular flexibility index (Phi) is 2.28. The summed E-state index contributed by atoms with van der Waals surface area (Å²) >= 11 is 0. The smallest absolute Gasteiger partial charge is 0.00769 e. The van der Waals surface area contributed by atoms with Crippen LogP contribution in [0.5, 0.6) is 0 Å². The van der Waals surface area contributed by atoms with Crippen molar-refractivity contribution in [3.05, 3.63) is 29.8 Å². The largest absolute Gasteiger partial charge is 0.223 e. The fourth-order valence-electron chi connectivity index (χ4n) is 1.24. The summed E-state index contributed by atoms with van der Waals surface area (Å²) in [5, 5.41) is 0. The Labute approximate surface area is 71.0 Å². The molecule has 0 spiro atoms. The fourth-order valence-corrected chi connectivity index (χ4v) is 2.76. The Balaban J connectivity index is 3.14. The highest BCUT2D eigenvalue weighted by Crippen LogP contribution is 2.46. The Hall–Kier alpha value is -0.430. The SMILES string of the molecule is Cc1ccccc1S(C)(C)C. The molecular formula is C10H16S. The maximum atomic E-state index is 2.33. The molecule has 1 rings (SSSR count). The van der Waals surface area contributed by atoms with Gasteiger partial charge in [-0.3, -0.25) is 0 Å². The van der Waals surface area contributed by atoms with Crippen molar-refractivity contribution < 1.29 is 0 Å². The lowest BCUT2D eigenvalue weighted by Crippen LogP contribution is -1.94. The number of rotatable bonds is 1. The molecule has 0 atom stereocenters. The normalized spacial score (nSPS) is 13.1. The lowest BCUT2D eigenvalue weighted by atomic mass is 10.2. The Morgan fingerprint density at radius 3 is 1.91 bits per heavy atom. The second-order valence-corrected chi connectivity index (χ2v) is 7.72. The van der Waals surface area contributed by atoms with Crippen LogP contribution in [0.4, 0.5) is 0 Å².